The molecule has 8 nitrogen and oxygen atoms in total. The Bertz CT molecular complexity index is 910. The van der Waals surface area contributed by atoms with E-state index in [2.05, 4.69) is 37.0 Å². The van der Waals surface area contributed by atoms with E-state index in [1.807, 2.05) is 26.0 Å². The maximum Gasteiger partial charge on any atom is 0.214 e. The summed E-state index contributed by atoms with van der Waals surface area (Å²) < 4.78 is 11.3. The van der Waals surface area contributed by atoms with Crippen molar-refractivity contribution in [2.75, 3.05) is 24.6 Å². The highest BCUT2D eigenvalue weighted by molar-refractivity contribution is 5.92. The fourth-order valence-corrected chi connectivity index (χ4v) is 3.07. The Hall–Kier alpha value is -2.74. The van der Waals surface area contributed by atoms with Crippen LogP contribution in [0.1, 0.15) is 20.8 Å². The maximum absolute atomic E-state index is 5.71. The maximum atomic E-state index is 5.71. The van der Waals surface area contributed by atoms with Crippen molar-refractivity contribution in [2.24, 2.45) is 0 Å². The number of H-pyrrole nitrogens is 1. The van der Waals surface area contributed by atoms with Gasteiger partial charge in [0.15, 0.2) is 0 Å². The third-order valence-corrected chi connectivity index (χ3v) is 4.24. The van der Waals surface area contributed by atoms with Crippen molar-refractivity contribution >= 4 is 16.7 Å². The number of nitrogens with zero attached hydrogens (tertiary/aromatic N) is 5. The van der Waals surface area contributed by atoms with Gasteiger partial charge >= 0.3 is 0 Å². The summed E-state index contributed by atoms with van der Waals surface area (Å²) in [6.45, 7) is 8.35. The average Bonchev–Trinajstić information content (AvgIpc) is 3.04. The molecule has 1 aliphatic rings. The van der Waals surface area contributed by atoms with Crippen molar-refractivity contribution in [2.45, 2.75) is 33.0 Å². The number of ether oxygens (including phenoxy) is 2. The molecule has 0 amide bonds. The van der Waals surface area contributed by atoms with Crippen LogP contribution >= 0.6 is 0 Å². The van der Waals surface area contributed by atoms with Crippen LogP contribution in [0.5, 0.6) is 5.88 Å². The van der Waals surface area contributed by atoms with E-state index in [0.29, 0.717) is 12.5 Å². The van der Waals surface area contributed by atoms with Crippen molar-refractivity contribution in [3.63, 3.8) is 0 Å². The normalized spacial score (nSPS) is 17.8. The zero-order valence-corrected chi connectivity index (χ0v) is 15.1. The van der Waals surface area contributed by atoms with Crippen LogP contribution in [-0.4, -0.2) is 57.1 Å². The first kappa shape index (κ1) is 16.7. The molecule has 26 heavy (non-hydrogen) atoms. The molecule has 1 aliphatic heterocycles. The molecule has 1 N–H and O–H groups in total. The molecule has 1 saturated heterocycles. The highest BCUT2D eigenvalue weighted by atomic mass is 16.5. The van der Waals surface area contributed by atoms with E-state index >= 15 is 0 Å². The fraction of sp³-hybridized carbons (Fsp3) is 0.444. The third-order valence-electron chi connectivity index (χ3n) is 4.24. The summed E-state index contributed by atoms with van der Waals surface area (Å²) in [5.41, 5.74) is 2.37. The summed E-state index contributed by atoms with van der Waals surface area (Å²) in [5.74, 6) is 1.46. The summed E-state index contributed by atoms with van der Waals surface area (Å²) >= 11 is 0. The molecule has 1 unspecified atom stereocenters. The van der Waals surface area contributed by atoms with E-state index in [0.717, 1.165) is 41.2 Å². The zero-order chi connectivity index (χ0) is 18.1. The average molecular weight is 354 g/mol. The molecule has 8 heteroatoms. The van der Waals surface area contributed by atoms with Gasteiger partial charge in [-0.2, -0.15) is 5.10 Å². The van der Waals surface area contributed by atoms with Crippen LogP contribution in [0.3, 0.4) is 0 Å². The first-order valence-corrected chi connectivity index (χ1v) is 8.80. The second-order valence-corrected chi connectivity index (χ2v) is 6.70. The second kappa shape index (κ2) is 6.87. The molecule has 4 rings (SSSR count). The predicted molar refractivity (Wildman–Crippen MR) is 98.3 cm³/mol. The predicted octanol–water partition coefficient (Wildman–Crippen LogP) is 2.43. The molecule has 3 aromatic heterocycles. The smallest absolute Gasteiger partial charge is 0.214 e. The van der Waals surface area contributed by atoms with Crippen LogP contribution in [0.4, 0.5) is 5.82 Å². The lowest BCUT2D eigenvalue weighted by Crippen LogP contribution is -2.41. The highest BCUT2D eigenvalue weighted by Crippen LogP contribution is 2.28. The minimum absolute atomic E-state index is 0.0595. The van der Waals surface area contributed by atoms with Crippen LogP contribution in [0, 0.1) is 0 Å². The molecule has 0 bridgehead atoms. The molecule has 0 spiro atoms. The molecule has 4 heterocycles. The molecule has 136 valence electrons. The van der Waals surface area contributed by atoms with E-state index < -0.39 is 0 Å². The number of nitrogens with one attached hydrogen (secondary N) is 1. The molecule has 0 radical (unpaired) electrons. The first-order chi connectivity index (χ1) is 12.6. The van der Waals surface area contributed by atoms with Gasteiger partial charge in [0.25, 0.3) is 0 Å². The Labute approximate surface area is 151 Å². The Morgan fingerprint density at radius 1 is 1.27 bits per heavy atom. The van der Waals surface area contributed by atoms with E-state index in [9.17, 15) is 0 Å². The fourth-order valence-electron chi connectivity index (χ4n) is 3.07. The van der Waals surface area contributed by atoms with Gasteiger partial charge in [0, 0.05) is 30.6 Å². The van der Waals surface area contributed by atoms with Gasteiger partial charge in [-0.15, -0.1) is 0 Å². The van der Waals surface area contributed by atoms with Gasteiger partial charge < -0.3 is 14.4 Å². The van der Waals surface area contributed by atoms with Gasteiger partial charge in [0.2, 0.25) is 5.88 Å². The molecule has 0 aromatic carbocycles. The monoisotopic (exact) mass is 354 g/mol. The minimum Gasteiger partial charge on any atom is -0.475 e. The summed E-state index contributed by atoms with van der Waals surface area (Å²) in [5, 5.41) is 8.37. The lowest BCUT2D eigenvalue weighted by atomic mass is 10.2. The van der Waals surface area contributed by atoms with Crippen molar-refractivity contribution < 1.29 is 9.47 Å². The summed E-state index contributed by atoms with van der Waals surface area (Å²) in [7, 11) is 0. The SMILES string of the molecule is CC(C)Oc1cc2c(-c3cc(N4CCOC(C)C4)ncn3)n[nH]c2cn1. The van der Waals surface area contributed by atoms with Crippen LogP contribution in [0.2, 0.25) is 0 Å². The Morgan fingerprint density at radius 3 is 2.96 bits per heavy atom. The minimum atomic E-state index is 0.0595. The van der Waals surface area contributed by atoms with Crippen LogP contribution in [-0.2, 0) is 4.74 Å². The first-order valence-electron chi connectivity index (χ1n) is 8.80. The van der Waals surface area contributed by atoms with Gasteiger partial charge in [-0.25, -0.2) is 15.0 Å². The highest BCUT2D eigenvalue weighted by Gasteiger charge is 2.19. The van der Waals surface area contributed by atoms with E-state index in [-0.39, 0.29) is 12.2 Å². The molecule has 3 aromatic rings. The van der Waals surface area contributed by atoms with Crippen molar-refractivity contribution in [1.82, 2.24) is 25.1 Å². The number of fused-ring (bicyclic) bond motifs is 1. The van der Waals surface area contributed by atoms with E-state index in [1.54, 1.807) is 12.5 Å². The molecule has 0 saturated carbocycles. The molecular weight excluding hydrogens is 332 g/mol. The summed E-state index contributed by atoms with van der Waals surface area (Å²) in [4.78, 5) is 15.4. The Morgan fingerprint density at radius 2 is 2.15 bits per heavy atom. The Balaban J connectivity index is 1.70. The second-order valence-electron chi connectivity index (χ2n) is 6.70. The number of aromatic nitrogens is 5. The number of aromatic amines is 1. The number of pyridine rings is 1. The lowest BCUT2D eigenvalue weighted by Gasteiger charge is -2.31. The van der Waals surface area contributed by atoms with Gasteiger partial charge in [0.05, 0.1) is 36.2 Å². The van der Waals surface area contributed by atoms with Gasteiger partial charge in [-0.3, -0.25) is 5.10 Å². The largest absolute Gasteiger partial charge is 0.475 e. The standard InChI is InChI=1S/C18H22N6O2/c1-11(2)26-17-6-13-15(8-19-17)22-23-18(13)14-7-16(21-10-20-14)24-4-5-25-12(3)9-24/h6-8,10-12H,4-5,9H2,1-3H3,(H,22,23). The number of morpholine rings is 1. The molecule has 0 aliphatic carbocycles. The van der Waals surface area contributed by atoms with Crippen LogP contribution in [0.25, 0.3) is 22.3 Å². The van der Waals surface area contributed by atoms with Gasteiger partial charge in [-0.1, -0.05) is 0 Å². The third kappa shape index (κ3) is 3.32. The van der Waals surface area contributed by atoms with Crippen molar-refractivity contribution in [1.29, 1.82) is 0 Å². The topological polar surface area (TPSA) is 89.0 Å². The quantitative estimate of drug-likeness (QED) is 0.769. The van der Waals surface area contributed by atoms with E-state index in [4.69, 9.17) is 9.47 Å². The number of rotatable bonds is 4. The Kier molecular flexibility index (Phi) is 4.42. The summed E-state index contributed by atoms with van der Waals surface area (Å²) in [6, 6.07) is 3.86. The number of hydrogen-bond acceptors (Lipinski definition) is 7. The lowest BCUT2D eigenvalue weighted by molar-refractivity contribution is 0.0529. The number of anilines is 1. The summed E-state index contributed by atoms with van der Waals surface area (Å²) in [6.07, 6.45) is 3.56. The number of hydrogen-bond donors (Lipinski definition) is 1. The van der Waals surface area contributed by atoms with Crippen molar-refractivity contribution in [3.05, 3.63) is 24.7 Å². The molecule has 1 atom stereocenters. The molecular formula is C18H22N6O2. The van der Waals surface area contributed by atoms with Gasteiger partial charge in [-0.05, 0) is 20.8 Å². The van der Waals surface area contributed by atoms with Crippen LogP contribution < -0.4 is 9.64 Å². The molecule has 1 fully saturated rings. The zero-order valence-electron chi connectivity index (χ0n) is 15.1. The van der Waals surface area contributed by atoms with E-state index in [1.165, 1.54) is 0 Å². The van der Waals surface area contributed by atoms with Crippen LogP contribution in [0.15, 0.2) is 24.7 Å². The van der Waals surface area contributed by atoms with Gasteiger partial charge in [0.1, 0.15) is 17.8 Å². The van der Waals surface area contributed by atoms with Crippen molar-refractivity contribution in [3.8, 4) is 17.3 Å².